The molecule has 1 N–H and O–H groups in total. The van der Waals surface area contributed by atoms with E-state index >= 15 is 0 Å². The molecule has 9 heavy (non-hydrogen) atoms. The summed E-state index contributed by atoms with van der Waals surface area (Å²) in [6.07, 6.45) is 1.97. The minimum atomic E-state index is 0.391. The molecule has 0 saturated carbocycles. The Labute approximate surface area is 56.6 Å². The van der Waals surface area contributed by atoms with Gasteiger partial charge in [0.2, 0.25) is 0 Å². The van der Waals surface area contributed by atoms with Crippen molar-refractivity contribution >= 4 is 0 Å². The molecular weight excluding hydrogens is 114 g/mol. The molecule has 1 fully saturated rings. The zero-order chi connectivity index (χ0) is 6.69. The predicted octanol–water partition coefficient (Wildman–Crippen LogP) is 0.773. The van der Waals surface area contributed by atoms with E-state index in [0.717, 1.165) is 19.5 Å². The fourth-order valence-corrected chi connectivity index (χ4v) is 1.12. The van der Waals surface area contributed by atoms with Crippen LogP contribution >= 0.6 is 0 Å². The lowest BCUT2D eigenvalue weighted by Crippen LogP contribution is -2.23. The van der Waals surface area contributed by atoms with Crippen molar-refractivity contribution in [2.45, 2.75) is 32.5 Å². The maximum absolute atomic E-state index is 5.55. The van der Waals surface area contributed by atoms with Gasteiger partial charge in [-0.2, -0.15) is 0 Å². The van der Waals surface area contributed by atoms with Gasteiger partial charge in [0, 0.05) is 6.54 Å². The van der Waals surface area contributed by atoms with Gasteiger partial charge in [0.05, 0.1) is 12.2 Å². The molecule has 2 heteroatoms. The van der Waals surface area contributed by atoms with Crippen molar-refractivity contribution in [3.05, 3.63) is 0 Å². The molecule has 54 valence electrons. The summed E-state index contributed by atoms with van der Waals surface area (Å²) in [6.45, 7) is 6.34. The van der Waals surface area contributed by atoms with Crippen LogP contribution in [-0.4, -0.2) is 25.3 Å². The van der Waals surface area contributed by atoms with E-state index in [1.165, 1.54) is 0 Å². The van der Waals surface area contributed by atoms with Crippen LogP contribution < -0.4 is 5.32 Å². The van der Waals surface area contributed by atoms with Crippen molar-refractivity contribution in [2.24, 2.45) is 0 Å². The SMILES string of the molecule is CC1CNCC[C@H](C)O1. The molecule has 1 unspecified atom stereocenters. The maximum Gasteiger partial charge on any atom is 0.0674 e. The first-order valence-electron chi connectivity index (χ1n) is 3.65. The topological polar surface area (TPSA) is 21.3 Å². The minimum Gasteiger partial charge on any atom is -0.374 e. The molecule has 1 aliphatic heterocycles. The fourth-order valence-electron chi connectivity index (χ4n) is 1.12. The van der Waals surface area contributed by atoms with E-state index in [4.69, 9.17) is 4.74 Å². The summed E-state index contributed by atoms with van der Waals surface area (Å²) in [5, 5.41) is 3.30. The van der Waals surface area contributed by atoms with Crippen LogP contribution in [0.3, 0.4) is 0 Å². The molecule has 0 aromatic carbocycles. The van der Waals surface area contributed by atoms with Gasteiger partial charge in [-0.25, -0.2) is 0 Å². The number of hydrogen-bond donors (Lipinski definition) is 1. The molecule has 0 amide bonds. The van der Waals surface area contributed by atoms with Gasteiger partial charge in [0.1, 0.15) is 0 Å². The van der Waals surface area contributed by atoms with E-state index in [0.29, 0.717) is 12.2 Å². The molecule has 1 aliphatic rings. The van der Waals surface area contributed by atoms with Crippen LogP contribution in [0.5, 0.6) is 0 Å². The van der Waals surface area contributed by atoms with E-state index < -0.39 is 0 Å². The highest BCUT2D eigenvalue weighted by Gasteiger charge is 2.11. The van der Waals surface area contributed by atoms with E-state index in [-0.39, 0.29) is 0 Å². The monoisotopic (exact) mass is 129 g/mol. The Bertz CT molecular complexity index is 75.0. The number of nitrogens with one attached hydrogen (secondary N) is 1. The van der Waals surface area contributed by atoms with Crippen molar-refractivity contribution in [1.82, 2.24) is 5.32 Å². The van der Waals surface area contributed by atoms with Gasteiger partial charge < -0.3 is 10.1 Å². The third kappa shape index (κ3) is 2.33. The van der Waals surface area contributed by atoms with E-state index in [1.54, 1.807) is 0 Å². The maximum atomic E-state index is 5.55. The highest BCUT2D eigenvalue weighted by atomic mass is 16.5. The van der Waals surface area contributed by atoms with Crippen LogP contribution in [0.4, 0.5) is 0 Å². The van der Waals surface area contributed by atoms with Crippen molar-refractivity contribution < 1.29 is 4.74 Å². The van der Waals surface area contributed by atoms with Gasteiger partial charge in [-0.05, 0) is 26.8 Å². The average molecular weight is 129 g/mol. The molecule has 0 spiro atoms. The summed E-state index contributed by atoms with van der Waals surface area (Å²) in [6, 6.07) is 0. The number of hydrogen-bond acceptors (Lipinski definition) is 2. The van der Waals surface area contributed by atoms with Crippen LogP contribution in [0.25, 0.3) is 0 Å². The van der Waals surface area contributed by atoms with Gasteiger partial charge in [-0.15, -0.1) is 0 Å². The van der Waals surface area contributed by atoms with Crippen LogP contribution in [-0.2, 0) is 4.74 Å². The molecule has 0 radical (unpaired) electrons. The van der Waals surface area contributed by atoms with Gasteiger partial charge in [0.15, 0.2) is 0 Å². The van der Waals surface area contributed by atoms with Gasteiger partial charge in [0.25, 0.3) is 0 Å². The van der Waals surface area contributed by atoms with Crippen molar-refractivity contribution in [3.8, 4) is 0 Å². The standard InChI is InChI=1S/C7H15NO/c1-6-3-4-8-5-7(2)9-6/h6-8H,3-5H2,1-2H3/t6-,7?/m0/s1. The molecule has 2 atom stereocenters. The van der Waals surface area contributed by atoms with Crippen molar-refractivity contribution in [2.75, 3.05) is 13.1 Å². The summed E-state index contributed by atoms with van der Waals surface area (Å²) in [5.74, 6) is 0. The average Bonchev–Trinajstić information content (AvgIpc) is 1.93. The summed E-state index contributed by atoms with van der Waals surface area (Å²) in [4.78, 5) is 0. The normalized spacial score (nSPS) is 38.0. The second kappa shape index (κ2) is 3.18. The molecule has 0 aromatic rings. The smallest absolute Gasteiger partial charge is 0.0674 e. The lowest BCUT2D eigenvalue weighted by molar-refractivity contribution is 0.0202. The third-order valence-electron chi connectivity index (χ3n) is 1.62. The highest BCUT2D eigenvalue weighted by molar-refractivity contribution is 4.64. The lowest BCUT2D eigenvalue weighted by atomic mass is 10.3. The third-order valence-corrected chi connectivity index (χ3v) is 1.62. The van der Waals surface area contributed by atoms with Crippen molar-refractivity contribution in [1.29, 1.82) is 0 Å². The molecule has 1 rings (SSSR count). The molecule has 0 bridgehead atoms. The van der Waals surface area contributed by atoms with Crippen LogP contribution in [0.2, 0.25) is 0 Å². The van der Waals surface area contributed by atoms with E-state index in [2.05, 4.69) is 19.2 Å². The largest absolute Gasteiger partial charge is 0.374 e. The summed E-state index contributed by atoms with van der Waals surface area (Å²) < 4.78 is 5.55. The Balaban J connectivity index is 2.29. The summed E-state index contributed by atoms with van der Waals surface area (Å²) in [7, 11) is 0. The Morgan fingerprint density at radius 2 is 2.11 bits per heavy atom. The van der Waals surface area contributed by atoms with Crippen LogP contribution in [0.15, 0.2) is 0 Å². The first-order chi connectivity index (χ1) is 4.29. The molecule has 2 nitrogen and oxygen atoms in total. The molecule has 1 saturated heterocycles. The predicted molar refractivity (Wildman–Crippen MR) is 37.5 cm³/mol. The number of ether oxygens (including phenoxy) is 1. The molecular formula is C7H15NO. The van der Waals surface area contributed by atoms with E-state index in [1.807, 2.05) is 0 Å². The summed E-state index contributed by atoms with van der Waals surface area (Å²) >= 11 is 0. The Kier molecular flexibility index (Phi) is 2.49. The summed E-state index contributed by atoms with van der Waals surface area (Å²) in [5.41, 5.74) is 0. The first-order valence-corrected chi connectivity index (χ1v) is 3.65. The Morgan fingerprint density at radius 3 is 2.89 bits per heavy atom. The second-order valence-electron chi connectivity index (χ2n) is 2.75. The zero-order valence-electron chi connectivity index (χ0n) is 6.18. The fraction of sp³-hybridized carbons (Fsp3) is 1.00. The number of rotatable bonds is 0. The van der Waals surface area contributed by atoms with Gasteiger partial charge in [-0.1, -0.05) is 0 Å². The van der Waals surface area contributed by atoms with Gasteiger partial charge in [-0.3, -0.25) is 0 Å². The second-order valence-corrected chi connectivity index (χ2v) is 2.75. The molecule has 0 aromatic heterocycles. The highest BCUT2D eigenvalue weighted by Crippen LogP contribution is 2.03. The van der Waals surface area contributed by atoms with Crippen LogP contribution in [0.1, 0.15) is 20.3 Å². The van der Waals surface area contributed by atoms with Crippen molar-refractivity contribution in [3.63, 3.8) is 0 Å². The first kappa shape index (κ1) is 7.03. The Hall–Kier alpha value is -0.0800. The van der Waals surface area contributed by atoms with Crippen LogP contribution in [0, 0.1) is 0 Å². The molecule has 1 heterocycles. The lowest BCUT2D eigenvalue weighted by Gasteiger charge is -2.12. The Morgan fingerprint density at radius 1 is 1.33 bits per heavy atom. The van der Waals surface area contributed by atoms with Gasteiger partial charge >= 0.3 is 0 Å². The minimum absolute atomic E-state index is 0.391. The zero-order valence-corrected chi connectivity index (χ0v) is 6.18. The quantitative estimate of drug-likeness (QED) is 0.521. The molecule has 0 aliphatic carbocycles. The van der Waals surface area contributed by atoms with E-state index in [9.17, 15) is 0 Å².